The van der Waals surface area contributed by atoms with Crippen LogP contribution in [0, 0.1) is 16.0 Å². The van der Waals surface area contributed by atoms with E-state index in [-0.39, 0.29) is 5.69 Å². The van der Waals surface area contributed by atoms with Crippen LogP contribution in [-0.2, 0) is 4.74 Å². The molecule has 1 aromatic heterocycles. The van der Waals surface area contributed by atoms with Gasteiger partial charge in [0, 0.05) is 20.2 Å². The van der Waals surface area contributed by atoms with Crippen molar-refractivity contribution in [2.45, 2.75) is 12.8 Å². The van der Waals surface area contributed by atoms with Crippen molar-refractivity contribution in [3.8, 4) is 0 Å². The number of nitrogens with two attached hydrogens (primary N) is 1. The number of piperidine rings is 1. The molecule has 2 heterocycles. The minimum Gasteiger partial charge on any atom is -0.384 e. The Kier molecular flexibility index (Phi) is 4.70. The number of hydrazine groups is 1. The fourth-order valence-corrected chi connectivity index (χ4v) is 2.49. The first-order valence-electron chi connectivity index (χ1n) is 6.51. The molecule has 0 saturated carbocycles. The molecule has 1 saturated heterocycles. The van der Waals surface area contributed by atoms with Gasteiger partial charge in [-0.25, -0.2) is 10.8 Å². The minimum absolute atomic E-state index is 0.0168. The number of hydrogen-bond donors (Lipinski definition) is 2. The van der Waals surface area contributed by atoms with Crippen molar-refractivity contribution in [3.05, 3.63) is 22.2 Å². The number of nitro groups is 1. The van der Waals surface area contributed by atoms with Gasteiger partial charge < -0.3 is 15.1 Å². The molecule has 1 aromatic rings. The van der Waals surface area contributed by atoms with Gasteiger partial charge >= 0.3 is 0 Å². The molecule has 0 spiro atoms. The Balaban J connectivity index is 2.22. The van der Waals surface area contributed by atoms with E-state index >= 15 is 0 Å². The van der Waals surface area contributed by atoms with E-state index in [4.69, 9.17) is 10.6 Å². The number of nitrogens with zero attached hydrogens (tertiary/aromatic N) is 3. The first kappa shape index (κ1) is 14.5. The molecule has 0 aromatic carbocycles. The summed E-state index contributed by atoms with van der Waals surface area (Å²) in [6, 6.07) is 2.80. The molecule has 0 bridgehead atoms. The van der Waals surface area contributed by atoms with E-state index in [0.717, 1.165) is 25.9 Å². The number of methoxy groups -OCH3 is 1. The number of hydrogen-bond acceptors (Lipinski definition) is 7. The summed E-state index contributed by atoms with van der Waals surface area (Å²) in [6.07, 6.45) is 2.12. The van der Waals surface area contributed by atoms with Gasteiger partial charge in [-0.05, 0) is 18.8 Å². The van der Waals surface area contributed by atoms with Crippen LogP contribution in [0.15, 0.2) is 12.1 Å². The molecule has 110 valence electrons. The Labute approximate surface area is 117 Å². The number of anilines is 2. The molecule has 3 N–H and O–H groups in total. The molecule has 1 unspecified atom stereocenters. The number of aromatic nitrogens is 1. The van der Waals surface area contributed by atoms with Gasteiger partial charge in [-0.2, -0.15) is 0 Å². The highest BCUT2D eigenvalue weighted by Crippen LogP contribution is 2.27. The normalized spacial score (nSPS) is 18.9. The van der Waals surface area contributed by atoms with Crippen LogP contribution in [0.4, 0.5) is 17.3 Å². The van der Waals surface area contributed by atoms with Crippen LogP contribution < -0.4 is 16.2 Å². The summed E-state index contributed by atoms with van der Waals surface area (Å²) < 4.78 is 5.18. The Morgan fingerprint density at radius 3 is 3.10 bits per heavy atom. The summed E-state index contributed by atoms with van der Waals surface area (Å²) >= 11 is 0. The monoisotopic (exact) mass is 281 g/mol. The average Bonchev–Trinajstić information content (AvgIpc) is 2.47. The van der Waals surface area contributed by atoms with E-state index in [1.807, 2.05) is 4.90 Å². The molecule has 1 atom stereocenters. The van der Waals surface area contributed by atoms with Gasteiger partial charge in [0.1, 0.15) is 11.6 Å². The van der Waals surface area contributed by atoms with Crippen LogP contribution in [-0.4, -0.2) is 36.7 Å². The number of pyridine rings is 1. The molecule has 1 aliphatic heterocycles. The number of rotatable bonds is 5. The maximum Gasteiger partial charge on any atom is 0.276 e. The van der Waals surface area contributed by atoms with Gasteiger partial charge in [0.25, 0.3) is 5.69 Å². The lowest BCUT2D eigenvalue weighted by atomic mass is 9.99. The lowest BCUT2D eigenvalue weighted by Gasteiger charge is -2.33. The largest absolute Gasteiger partial charge is 0.384 e. The van der Waals surface area contributed by atoms with Gasteiger partial charge in [-0.15, -0.1) is 0 Å². The summed E-state index contributed by atoms with van der Waals surface area (Å²) in [6.45, 7) is 2.30. The minimum atomic E-state index is -0.442. The lowest BCUT2D eigenvalue weighted by molar-refractivity contribution is -0.384. The molecular formula is C12H19N5O3. The molecule has 1 fully saturated rings. The molecule has 8 nitrogen and oxygen atoms in total. The Morgan fingerprint density at radius 1 is 1.65 bits per heavy atom. The Bertz CT molecular complexity index is 480. The van der Waals surface area contributed by atoms with Gasteiger partial charge in [0.15, 0.2) is 0 Å². The summed E-state index contributed by atoms with van der Waals surface area (Å²) in [5.41, 5.74) is 2.35. The van der Waals surface area contributed by atoms with E-state index in [1.165, 1.54) is 12.1 Å². The highest BCUT2D eigenvalue weighted by atomic mass is 16.6. The number of nitrogens with one attached hydrogen (secondary N) is 1. The summed E-state index contributed by atoms with van der Waals surface area (Å²) in [5.74, 6) is 6.61. The van der Waals surface area contributed by atoms with Gasteiger partial charge in [0.2, 0.25) is 0 Å². The fourth-order valence-electron chi connectivity index (χ4n) is 2.49. The van der Waals surface area contributed by atoms with Crippen molar-refractivity contribution < 1.29 is 9.66 Å². The topological polar surface area (TPSA) is 107 Å². The van der Waals surface area contributed by atoms with E-state index in [1.54, 1.807) is 7.11 Å². The molecule has 0 amide bonds. The van der Waals surface area contributed by atoms with Crippen molar-refractivity contribution in [1.82, 2.24) is 4.98 Å². The lowest BCUT2D eigenvalue weighted by Crippen LogP contribution is -2.37. The molecular weight excluding hydrogens is 262 g/mol. The number of nitrogen functional groups attached to an aromatic ring is 1. The summed E-state index contributed by atoms with van der Waals surface area (Å²) in [4.78, 5) is 16.8. The van der Waals surface area contributed by atoms with Crippen molar-refractivity contribution >= 4 is 17.3 Å². The molecule has 8 heteroatoms. The first-order valence-corrected chi connectivity index (χ1v) is 6.51. The standard InChI is InChI=1S/C12H19N5O3/c1-20-8-9-3-2-4-16(7-9)12-6-10(17(18)19)5-11(14-12)15-13/h5-6,9H,2-4,7-8,13H2,1H3,(H,14,15). The molecule has 20 heavy (non-hydrogen) atoms. The van der Waals surface area contributed by atoms with Gasteiger partial charge in [-0.1, -0.05) is 0 Å². The second kappa shape index (κ2) is 6.49. The molecule has 0 radical (unpaired) electrons. The zero-order chi connectivity index (χ0) is 14.5. The summed E-state index contributed by atoms with van der Waals surface area (Å²) in [5, 5.41) is 10.9. The first-order chi connectivity index (χ1) is 9.63. The maximum absolute atomic E-state index is 10.9. The Hall–Kier alpha value is -1.93. The smallest absolute Gasteiger partial charge is 0.276 e. The third-order valence-corrected chi connectivity index (χ3v) is 3.40. The van der Waals surface area contributed by atoms with E-state index < -0.39 is 4.92 Å². The van der Waals surface area contributed by atoms with E-state index in [0.29, 0.717) is 24.2 Å². The molecule has 0 aliphatic carbocycles. The van der Waals surface area contributed by atoms with E-state index in [2.05, 4.69) is 10.4 Å². The van der Waals surface area contributed by atoms with Crippen LogP contribution in [0.2, 0.25) is 0 Å². The van der Waals surface area contributed by atoms with Crippen molar-refractivity contribution in [2.24, 2.45) is 11.8 Å². The van der Waals surface area contributed by atoms with Crippen LogP contribution >= 0.6 is 0 Å². The zero-order valence-corrected chi connectivity index (χ0v) is 11.4. The van der Waals surface area contributed by atoms with Crippen LogP contribution in [0.1, 0.15) is 12.8 Å². The predicted octanol–water partition coefficient (Wildman–Crippen LogP) is 1.14. The van der Waals surface area contributed by atoms with Gasteiger partial charge in [-0.3, -0.25) is 10.1 Å². The van der Waals surface area contributed by atoms with Gasteiger partial charge in [0.05, 0.1) is 23.7 Å². The highest BCUT2D eigenvalue weighted by Gasteiger charge is 2.23. The molecule has 1 aliphatic rings. The number of ether oxygens (including phenoxy) is 1. The average molecular weight is 281 g/mol. The predicted molar refractivity (Wildman–Crippen MR) is 75.5 cm³/mol. The fraction of sp³-hybridized carbons (Fsp3) is 0.583. The second-order valence-corrected chi connectivity index (χ2v) is 4.88. The van der Waals surface area contributed by atoms with Crippen molar-refractivity contribution in [3.63, 3.8) is 0 Å². The Morgan fingerprint density at radius 2 is 2.45 bits per heavy atom. The maximum atomic E-state index is 10.9. The van der Waals surface area contributed by atoms with Crippen LogP contribution in [0.5, 0.6) is 0 Å². The van der Waals surface area contributed by atoms with E-state index in [9.17, 15) is 10.1 Å². The third-order valence-electron chi connectivity index (χ3n) is 3.40. The summed E-state index contributed by atoms with van der Waals surface area (Å²) in [7, 11) is 1.68. The highest BCUT2D eigenvalue weighted by molar-refractivity contribution is 5.55. The third kappa shape index (κ3) is 3.34. The van der Waals surface area contributed by atoms with Crippen LogP contribution in [0.3, 0.4) is 0 Å². The molecule has 2 rings (SSSR count). The quantitative estimate of drug-likeness (QED) is 0.473. The second-order valence-electron chi connectivity index (χ2n) is 4.88. The zero-order valence-electron chi connectivity index (χ0n) is 11.4. The van der Waals surface area contributed by atoms with Crippen LogP contribution in [0.25, 0.3) is 0 Å². The van der Waals surface area contributed by atoms with Crippen molar-refractivity contribution in [1.29, 1.82) is 0 Å². The van der Waals surface area contributed by atoms with Crippen molar-refractivity contribution in [2.75, 3.05) is 37.1 Å². The SMILES string of the molecule is COCC1CCCN(c2cc([N+](=O)[O-])cc(NN)n2)C1.